The molecule has 15 heavy (non-hydrogen) atoms. The summed E-state index contributed by atoms with van der Waals surface area (Å²) in [5, 5.41) is 3.44. The maximum atomic E-state index is 13.1. The van der Waals surface area contributed by atoms with Crippen LogP contribution in [-0.4, -0.2) is 25.2 Å². The molecule has 1 aromatic carbocycles. The Morgan fingerprint density at radius 2 is 2.20 bits per heavy atom. The summed E-state index contributed by atoms with van der Waals surface area (Å²) >= 11 is 0. The third-order valence-corrected chi connectivity index (χ3v) is 2.74. The molecule has 0 aliphatic carbocycles. The van der Waals surface area contributed by atoms with Crippen LogP contribution in [0.4, 0.5) is 10.1 Å². The predicted octanol–water partition coefficient (Wildman–Crippen LogP) is 2.01. The fourth-order valence-corrected chi connectivity index (χ4v) is 2.03. The van der Waals surface area contributed by atoms with Crippen molar-refractivity contribution in [2.45, 2.75) is 19.4 Å². The second kappa shape index (κ2) is 3.81. The van der Waals surface area contributed by atoms with E-state index in [1.807, 2.05) is 6.07 Å². The van der Waals surface area contributed by atoms with Crippen molar-refractivity contribution in [1.29, 1.82) is 0 Å². The molecule has 1 aliphatic heterocycles. The summed E-state index contributed by atoms with van der Waals surface area (Å²) in [5.74, 6) is -0.163. The van der Waals surface area contributed by atoms with Crippen molar-refractivity contribution < 1.29 is 4.39 Å². The quantitative estimate of drug-likeness (QED) is 0.759. The van der Waals surface area contributed by atoms with Gasteiger partial charge in [-0.05, 0) is 32.0 Å². The van der Waals surface area contributed by atoms with Gasteiger partial charge in [-0.15, -0.1) is 0 Å². The van der Waals surface area contributed by atoms with Gasteiger partial charge >= 0.3 is 0 Å². The van der Waals surface area contributed by atoms with Crippen molar-refractivity contribution in [3.63, 3.8) is 0 Å². The lowest BCUT2D eigenvalue weighted by molar-refractivity contribution is 0.353. The maximum Gasteiger partial charge on any atom is 0.125 e. The molecular formula is C12H17FN2. The second-order valence-electron chi connectivity index (χ2n) is 4.71. The Morgan fingerprint density at radius 3 is 2.87 bits per heavy atom. The van der Waals surface area contributed by atoms with Gasteiger partial charge in [0.25, 0.3) is 0 Å². The zero-order valence-corrected chi connectivity index (χ0v) is 9.26. The van der Waals surface area contributed by atoms with Crippen LogP contribution < -0.4 is 10.2 Å². The summed E-state index contributed by atoms with van der Waals surface area (Å²) in [4.78, 5) is 2.22. The molecule has 2 nitrogen and oxygen atoms in total. The Morgan fingerprint density at radius 1 is 1.40 bits per heavy atom. The zero-order chi connectivity index (χ0) is 10.9. The first-order valence-electron chi connectivity index (χ1n) is 5.32. The normalized spacial score (nSPS) is 20.3. The Bertz CT molecular complexity index is 349. The van der Waals surface area contributed by atoms with Gasteiger partial charge in [-0.1, -0.05) is 6.07 Å². The minimum absolute atomic E-state index is 0.102. The summed E-state index contributed by atoms with van der Waals surface area (Å²) in [6.07, 6.45) is 0. The lowest BCUT2D eigenvalue weighted by atomic mass is 10.0. The molecule has 0 aromatic heterocycles. The third kappa shape index (κ3) is 2.48. The summed E-state index contributed by atoms with van der Waals surface area (Å²) in [5.41, 5.74) is 1.08. The highest BCUT2D eigenvalue weighted by molar-refractivity contribution is 5.47. The smallest absolute Gasteiger partial charge is 0.125 e. The molecule has 0 atom stereocenters. The van der Waals surface area contributed by atoms with Gasteiger partial charge in [0, 0.05) is 30.9 Å². The molecule has 0 amide bonds. The van der Waals surface area contributed by atoms with E-state index in [0.29, 0.717) is 0 Å². The lowest BCUT2D eigenvalue weighted by Gasteiger charge is -2.40. The topological polar surface area (TPSA) is 15.3 Å². The van der Waals surface area contributed by atoms with Gasteiger partial charge in [0.15, 0.2) is 0 Å². The van der Waals surface area contributed by atoms with Gasteiger partial charge in [0.1, 0.15) is 5.82 Å². The second-order valence-corrected chi connectivity index (χ2v) is 4.71. The first kappa shape index (κ1) is 10.4. The molecule has 0 radical (unpaired) electrons. The molecule has 0 spiro atoms. The predicted molar refractivity (Wildman–Crippen MR) is 60.7 cm³/mol. The van der Waals surface area contributed by atoms with Crippen LogP contribution in [0.3, 0.4) is 0 Å². The van der Waals surface area contributed by atoms with Gasteiger partial charge < -0.3 is 10.2 Å². The molecule has 0 bridgehead atoms. The summed E-state index contributed by atoms with van der Waals surface area (Å²) in [6, 6.07) is 6.81. The molecule has 1 heterocycles. The van der Waals surface area contributed by atoms with E-state index in [1.54, 1.807) is 12.1 Å². The lowest BCUT2D eigenvalue weighted by Crippen LogP contribution is -2.57. The molecular weight excluding hydrogens is 191 g/mol. The highest BCUT2D eigenvalue weighted by atomic mass is 19.1. The highest BCUT2D eigenvalue weighted by Crippen LogP contribution is 2.20. The van der Waals surface area contributed by atoms with Crippen LogP contribution in [0.5, 0.6) is 0 Å². The van der Waals surface area contributed by atoms with Gasteiger partial charge in [-0.25, -0.2) is 4.39 Å². The molecule has 1 aromatic rings. The zero-order valence-electron chi connectivity index (χ0n) is 9.26. The first-order chi connectivity index (χ1) is 7.07. The van der Waals surface area contributed by atoms with E-state index in [2.05, 4.69) is 24.1 Å². The van der Waals surface area contributed by atoms with Crippen molar-refractivity contribution in [3.05, 3.63) is 30.1 Å². The minimum Gasteiger partial charge on any atom is -0.368 e. The third-order valence-electron chi connectivity index (χ3n) is 2.74. The van der Waals surface area contributed by atoms with E-state index < -0.39 is 0 Å². The highest BCUT2D eigenvalue weighted by Gasteiger charge is 2.25. The van der Waals surface area contributed by atoms with Crippen molar-refractivity contribution in [2.24, 2.45) is 0 Å². The monoisotopic (exact) mass is 208 g/mol. The van der Waals surface area contributed by atoms with Crippen molar-refractivity contribution >= 4 is 5.69 Å². The molecule has 3 heteroatoms. The van der Waals surface area contributed by atoms with Crippen LogP contribution in [0.2, 0.25) is 0 Å². The first-order valence-corrected chi connectivity index (χ1v) is 5.32. The molecule has 1 N–H and O–H groups in total. The Hall–Kier alpha value is -1.09. The van der Waals surface area contributed by atoms with Crippen LogP contribution in [0.25, 0.3) is 0 Å². The van der Waals surface area contributed by atoms with Crippen LogP contribution in [-0.2, 0) is 0 Å². The van der Waals surface area contributed by atoms with E-state index in [0.717, 1.165) is 25.3 Å². The molecule has 2 rings (SSSR count). The maximum absolute atomic E-state index is 13.1. The number of anilines is 1. The number of benzene rings is 1. The SMILES string of the molecule is CC1(C)CN(c2cccc(F)c2)CCN1. The Labute approximate surface area is 90.1 Å². The molecule has 0 unspecified atom stereocenters. The fourth-order valence-electron chi connectivity index (χ4n) is 2.03. The standard InChI is InChI=1S/C12H17FN2/c1-12(2)9-15(7-6-14-12)11-5-3-4-10(13)8-11/h3-5,8,14H,6-7,9H2,1-2H3. The van der Waals surface area contributed by atoms with Gasteiger partial charge in [-0.3, -0.25) is 0 Å². The van der Waals surface area contributed by atoms with Gasteiger partial charge in [-0.2, -0.15) is 0 Å². The summed E-state index contributed by atoms with van der Waals surface area (Å²) in [7, 11) is 0. The number of hydrogen-bond acceptors (Lipinski definition) is 2. The molecule has 1 aliphatic rings. The van der Waals surface area contributed by atoms with Crippen LogP contribution >= 0.6 is 0 Å². The average Bonchev–Trinajstić information content (AvgIpc) is 2.16. The van der Waals surface area contributed by atoms with E-state index in [-0.39, 0.29) is 11.4 Å². The number of hydrogen-bond donors (Lipinski definition) is 1. The van der Waals surface area contributed by atoms with Crippen LogP contribution in [0.1, 0.15) is 13.8 Å². The summed E-state index contributed by atoms with van der Waals surface area (Å²) < 4.78 is 13.1. The largest absolute Gasteiger partial charge is 0.368 e. The molecule has 82 valence electrons. The summed E-state index contributed by atoms with van der Waals surface area (Å²) in [6.45, 7) is 7.13. The van der Waals surface area contributed by atoms with Crippen LogP contribution in [0, 0.1) is 5.82 Å². The van der Waals surface area contributed by atoms with E-state index in [9.17, 15) is 4.39 Å². The van der Waals surface area contributed by atoms with Crippen molar-refractivity contribution in [3.8, 4) is 0 Å². The Kier molecular flexibility index (Phi) is 2.65. The number of piperazine rings is 1. The van der Waals surface area contributed by atoms with E-state index in [4.69, 9.17) is 0 Å². The number of nitrogens with zero attached hydrogens (tertiary/aromatic N) is 1. The molecule has 1 fully saturated rings. The average molecular weight is 208 g/mol. The molecule has 1 saturated heterocycles. The van der Waals surface area contributed by atoms with Gasteiger partial charge in [0.05, 0.1) is 0 Å². The number of nitrogens with one attached hydrogen (secondary N) is 1. The van der Waals surface area contributed by atoms with Crippen molar-refractivity contribution in [2.75, 3.05) is 24.5 Å². The number of halogens is 1. The number of rotatable bonds is 1. The van der Waals surface area contributed by atoms with Gasteiger partial charge in [0.2, 0.25) is 0 Å². The minimum atomic E-state index is -0.163. The van der Waals surface area contributed by atoms with Crippen LogP contribution in [0.15, 0.2) is 24.3 Å². The van der Waals surface area contributed by atoms with E-state index in [1.165, 1.54) is 6.07 Å². The fraction of sp³-hybridized carbons (Fsp3) is 0.500. The Balaban J connectivity index is 2.17. The molecule has 0 saturated carbocycles. The van der Waals surface area contributed by atoms with Crippen molar-refractivity contribution in [1.82, 2.24) is 5.32 Å². The van der Waals surface area contributed by atoms with E-state index >= 15 is 0 Å².